The average Bonchev–Trinajstić information content (AvgIpc) is 2.95. The van der Waals surface area contributed by atoms with Crippen LogP contribution in [-0.2, 0) is 18.7 Å². The summed E-state index contributed by atoms with van der Waals surface area (Å²) in [5.74, 6) is -0.397. The second-order valence-corrected chi connectivity index (χ2v) is 14.7. The van der Waals surface area contributed by atoms with Gasteiger partial charge in [-0.05, 0) is 61.2 Å². The van der Waals surface area contributed by atoms with Crippen LogP contribution in [-0.4, -0.2) is 44.7 Å². The molecule has 0 aromatic carbocycles. The van der Waals surface area contributed by atoms with E-state index in [1.165, 1.54) is 0 Å². The van der Waals surface area contributed by atoms with Gasteiger partial charge >= 0.3 is 12.1 Å². The highest BCUT2D eigenvalue weighted by Crippen LogP contribution is 2.36. The van der Waals surface area contributed by atoms with Gasteiger partial charge in [0.1, 0.15) is 17.7 Å². The Bertz CT molecular complexity index is 501. The van der Waals surface area contributed by atoms with Gasteiger partial charge in [0.05, 0.1) is 0 Å². The summed E-state index contributed by atoms with van der Waals surface area (Å²) in [6.07, 6.45) is 3.67. The van der Waals surface area contributed by atoms with Gasteiger partial charge in [-0.15, -0.1) is 18.1 Å². The number of nitrogens with one attached hydrogen (secondary N) is 1. The molecule has 0 unspecified atom stereocenters. The van der Waals surface area contributed by atoms with E-state index in [1.807, 2.05) is 0 Å². The molecule has 0 aromatic heterocycles. The zero-order chi connectivity index (χ0) is 20.9. The summed E-state index contributed by atoms with van der Waals surface area (Å²) >= 11 is 0. The van der Waals surface area contributed by atoms with E-state index >= 15 is 0 Å². The molecule has 0 saturated heterocycles. The van der Waals surface area contributed by atoms with Crippen LogP contribution in [0, 0.1) is 0 Å². The van der Waals surface area contributed by atoms with Gasteiger partial charge < -0.3 is 19.2 Å². The minimum absolute atomic E-state index is 0.0400. The molecule has 1 amide bonds. The Kier molecular flexibility index (Phi) is 8.35. The van der Waals surface area contributed by atoms with Crippen molar-refractivity contribution >= 4 is 20.4 Å². The highest BCUT2D eigenvalue weighted by Gasteiger charge is 2.30. The third-order valence-electron chi connectivity index (χ3n) is 5.24. The Morgan fingerprint density at radius 2 is 1.63 bits per heavy atom. The standard InChI is InChI=1S/C20H39NO5Si/c1-19(2,3)26-18(23)21-16(17(22)25-15-11-9-10-12-15)13-14-24-27(7,8)20(4,5)6/h15-16H,9-14H2,1-8H3,(H,21,23)/q-1/t16-/m0/s1. The molecule has 0 bridgehead atoms. The maximum absolute atomic E-state index is 12.6. The second-order valence-electron chi connectivity index (χ2n) is 9.94. The number of hydrogen-bond donors (Lipinski definition) is 1. The van der Waals surface area contributed by atoms with E-state index < -0.39 is 32.0 Å². The molecule has 1 N–H and O–H groups in total. The molecule has 1 rings (SSSR count). The summed E-state index contributed by atoms with van der Waals surface area (Å²) < 4.78 is 17.1. The van der Waals surface area contributed by atoms with E-state index in [1.54, 1.807) is 20.8 Å². The first-order valence-electron chi connectivity index (χ1n) is 10.1. The summed E-state index contributed by atoms with van der Waals surface area (Å²) in [6, 6.07) is -0.759. The quantitative estimate of drug-likeness (QED) is 0.491. The number of ether oxygens (including phenoxy) is 2. The molecular weight excluding hydrogens is 362 g/mol. The van der Waals surface area contributed by atoms with Crippen molar-refractivity contribution in [2.24, 2.45) is 0 Å². The molecule has 0 spiro atoms. The van der Waals surface area contributed by atoms with Gasteiger partial charge in [0.25, 0.3) is 0 Å². The Morgan fingerprint density at radius 3 is 2.11 bits per heavy atom. The highest BCUT2D eigenvalue weighted by molar-refractivity contribution is 6.74. The molecule has 1 atom stereocenters. The lowest BCUT2D eigenvalue weighted by atomic mass is 10.2. The van der Waals surface area contributed by atoms with Crippen LogP contribution in [0.3, 0.4) is 0 Å². The van der Waals surface area contributed by atoms with Gasteiger partial charge in [0.15, 0.2) is 0 Å². The summed E-state index contributed by atoms with van der Waals surface area (Å²) in [5.41, 5.74) is -0.623. The number of esters is 1. The normalized spacial score (nSPS) is 17.5. The van der Waals surface area contributed by atoms with Crippen molar-refractivity contribution in [3.05, 3.63) is 0 Å². The lowest BCUT2D eigenvalue weighted by Crippen LogP contribution is -2.47. The van der Waals surface area contributed by atoms with E-state index in [4.69, 9.17) is 13.9 Å². The maximum atomic E-state index is 12.6. The van der Waals surface area contributed by atoms with Crippen LogP contribution < -0.4 is 5.32 Å². The highest BCUT2D eigenvalue weighted by atomic mass is 28.4. The number of alkyl carbamates (subject to hydrolysis) is 1. The Balaban J connectivity index is 2.68. The summed E-state index contributed by atoms with van der Waals surface area (Å²) in [4.78, 5) is 24.8. The van der Waals surface area contributed by atoms with Gasteiger partial charge in [-0.25, -0.2) is 9.59 Å². The van der Waals surface area contributed by atoms with Crippen molar-refractivity contribution in [2.75, 3.05) is 6.61 Å². The molecule has 1 fully saturated rings. The minimum Gasteiger partial charge on any atom is -0.564 e. The Hall–Kier alpha value is -1.08. The minimum atomic E-state index is -1.92. The predicted octanol–water partition coefficient (Wildman–Crippen LogP) is 4.78. The van der Waals surface area contributed by atoms with Crippen molar-refractivity contribution < 1.29 is 23.5 Å². The number of rotatable bonds is 7. The summed E-state index contributed by atoms with van der Waals surface area (Å²) in [5, 5.41) is 2.76. The fourth-order valence-corrected chi connectivity index (χ4v) is 3.66. The van der Waals surface area contributed by atoms with Crippen LogP contribution in [0.2, 0.25) is 18.1 Å². The lowest BCUT2D eigenvalue weighted by Gasteiger charge is -2.48. The summed E-state index contributed by atoms with van der Waals surface area (Å²) in [6.45, 7) is 16.6. The second kappa shape index (κ2) is 9.41. The molecule has 1 saturated carbocycles. The molecular formula is C20H39NO5Si-. The zero-order valence-corrected chi connectivity index (χ0v) is 19.4. The van der Waals surface area contributed by atoms with E-state index in [-0.39, 0.29) is 11.1 Å². The Labute approximate surface area is 165 Å². The van der Waals surface area contributed by atoms with E-state index in [2.05, 4.69) is 39.2 Å². The molecule has 1 aliphatic carbocycles. The number of amides is 1. The van der Waals surface area contributed by atoms with Crippen molar-refractivity contribution in [1.29, 1.82) is 0 Å². The third kappa shape index (κ3) is 8.64. The molecule has 6 nitrogen and oxygen atoms in total. The van der Waals surface area contributed by atoms with E-state index in [0.717, 1.165) is 25.7 Å². The van der Waals surface area contributed by atoms with Crippen LogP contribution in [0.5, 0.6) is 0 Å². The monoisotopic (exact) mass is 401 g/mol. The van der Waals surface area contributed by atoms with Gasteiger partial charge in [-0.3, -0.25) is 0 Å². The lowest BCUT2D eigenvalue weighted by molar-refractivity contribution is -0.151. The number of carbonyl (C=O) groups is 2. The zero-order valence-electron chi connectivity index (χ0n) is 18.4. The number of hydrogen-bond acceptors (Lipinski definition) is 5. The van der Waals surface area contributed by atoms with Gasteiger partial charge in [0, 0.05) is 6.61 Å². The molecule has 7 heteroatoms. The first-order valence-corrected chi connectivity index (χ1v) is 13.0. The van der Waals surface area contributed by atoms with Crippen molar-refractivity contribution in [3.63, 3.8) is 0 Å². The van der Waals surface area contributed by atoms with Gasteiger partial charge in [0.2, 0.25) is 0 Å². The molecule has 0 aromatic rings. The van der Waals surface area contributed by atoms with Crippen LogP contribution in [0.1, 0.15) is 73.6 Å². The van der Waals surface area contributed by atoms with E-state index in [9.17, 15) is 9.59 Å². The van der Waals surface area contributed by atoms with Crippen LogP contribution in [0.15, 0.2) is 0 Å². The first-order chi connectivity index (χ1) is 12.2. The molecule has 0 heterocycles. The van der Waals surface area contributed by atoms with E-state index in [0.29, 0.717) is 13.0 Å². The van der Waals surface area contributed by atoms with Crippen LogP contribution >= 0.6 is 0 Å². The SMILES string of the molecule is CC(C)(C)OC(=O)N[C@@H](CCO[Si-](C)(C)C(C)(C)C)C(=O)OC1CCCC1. The maximum Gasteiger partial charge on any atom is 0.408 e. The predicted molar refractivity (Wildman–Crippen MR) is 109 cm³/mol. The fraction of sp³-hybridized carbons (Fsp3) is 0.900. The summed E-state index contributed by atoms with van der Waals surface area (Å²) in [7, 11) is -1.92. The first kappa shape index (κ1) is 24.0. The molecule has 27 heavy (non-hydrogen) atoms. The largest absolute Gasteiger partial charge is 0.564 e. The van der Waals surface area contributed by atoms with Crippen molar-refractivity contribution in [1.82, 2.24) is 5.32 Å². The van der Waals surface area contributed by atoms with Crippen LogP contribution in [0.25, 0.3) is 0 Å². The topological polar surface area (TPSA) is 73.9 Å². The smallest absolute Gasteiger partial charge is 0.408 e. The van der Waals surface area contributed by atoms with Crippen molar-refractivity contribution in [3.8, 4) is 0 Å². The molecule has 0 aliphatic heterocycles. The molecule has 1 aliphatic rings. The van der Waals surface area contributed by atoms with Gasteiger partial charge in [-0.2, -0.15) is 0 Å². The third-order valence-corrected chi connectivity index (χ3v) is 9.77. The number of carbonyl (C=O) groups excluding carboxylic acids is 2. The fourth-order valence-electron chi connectivity index (χ4n) is 2.60. The average molecular weight is 402 g/mol. The molecule has 0 radical (unpaired) electrons. The molecule has 159 valence electrons. The Morgan fingerprint density at radius 1 is 1.07 bits per heavy atom. The van der Waals surface area contributed by atoms with Crippen molar-refractivity contribution in [2.45, 2.75) is 110 Å². The van der Waals surface area contributed by atoms with Gasteiger partial charge in [-0.1, -0.05) is 20.8 Å². The van der Waals surface area contributed by atoms with Crippen LogP contribution in [0.4, 0.5) is 4.79 Å².